The van der Waals surface area contributed by atoms with Crippen molar-refractivity contribution in [2.75, 3.05) is 21.3 Å². The minimum atomic E-state index is -0.990. The Balaban J connectivity index is 0.000000232. The number of anilines is 4. The highest BCUT2D eigenvalue weighted by atomic mass is 35.5. The van der Waals surface area contributed by atoms with Crippen LogP contribution < -0.4 is 21.3 Å². The summed E-state index contributed by atoms with van der Waals surface area (Å²) in [5, 5.41) is 29.0. The lowest BCUT2D eigenvalue weighted by atomic mass is 10.2. The Labute approximate surface area is 322 Å². The first-order chi connectivity index (χ1) is 24.7. The number of rotatable bonds is 10. The van der Waals surface area contributed by atoms with Gasteiger partial charge < -0.3 is 31.5 Å². The van der Waals surface area contributed by atoms with E-state index in [0.29, 0.717) is 24.2 Å². The first-order valence-corrected chi connectivity index (χ1v) is 16.7. The van der Waals surface area contributed by atoms with Crippen LogP contribution in [0.5, 0.6) is 0 Å². The van der Waals surface area contributed by atoms with E-state index in [-0.39, 0.29) is 50.3 Å². The molecule has 2 aliphatic rings. The molecular formula is C35H30Cl4N6O8. The Bertz CT molecular complexity index is 1910. The summed E-state index contributed by atoms with van der Waals surface area (Å²) < 4.78 is 0. The van der Waals surface area contributed by atoms with Gasteiger partial charge in [-0.15, -0.1) is 0 Å². The maximum absolute atomic E-state index is 12.4. The molecule has 4 aromatic rings. The summed E-state index contributed by atoms with van der Waals surface area (Å²) in [4.78, 5) is 78.4. The van der Waals surface area contributed by atoms with E-state index >= 15 is 0 Å². The number of carboxylic acid groups (broad SMARTS) is 2. The second-order valence-electron chi connectivity index (χ2n) is 11.5. The van der Waals surface area contributed by atoms with Gasteiger partial charge in [0, 0.05) is 35.9 Å². The number of carbonyl (C=O) groups is 6. The van der Waals surface area contributed by atoms with Gasteiger partial charge in [-0.3, -0.25) is 28.8 Å². The highest BCUT2D eigenvalue weighted by molar-refractivity contribution is 6.41. The molecule has 2 aromatic carbocycles. The number of carboxylic acids is 2. The number of carbonyl (C=O) groups excluding carboxylic acids is 4. The summed E-state index contributed by atoms with van der Waals surface area (Å²) >= 11 is 24.0. The van der Waals surface area contributed by atoms with Crippen LogP contribution >= 0.6 is 46.4 Å². The maximum Gasteiger partial charge on any atom is 0.307 e. The van der Waals surface area contributed by atoms with Crippen molar-refractivity contribution < 1.29 is 39.0 Å². The average molecular weight is 804 g/mol. The highest BCUT2D eigenvalue weighted by Crippen LogP contribution is 2.40. The molecule has 18 heteroatoms. The third-order valence-corrected chi connectivity index (χ3v) is 9.07. The van der Waals surface area contributed by atoms with Crippen LogP contribution in [0.4, 0.5) is 23.0 Å². The SMILES string of the molecule is C.O=C(Nc1ccnc(NC(=O)[C@@H]2C[C@@H]2C(=O)O)c1)c1c(Cl)cccc1Cl.O=C(Nc1ccnc(NC(=O)[C@H]2C[C@H]2C(=O)O)c1)c1c(Cl)cccc1Cl. The van der Waals surface area contributed by atoms with Crippen molar-refractivity contribution in [2.45, 2.75) is 20.3 Å². The van der Waals surface area contributed by atoms with Gasteiger partial charge in [-0.2, -0.15) is 0 Å². The Morgan fingerprint density at radius 2 is 0.887 bits per heavy atom. The molecule has 4 amide bonds. The summed E-state index contributed by atoms with van der Waals surface area (Å²) in [6.45, 7) is 0. The van der Waals surface area contributed by atoms with Crippen LogP contribution in [-0.4, -0.2) is 55.7 Å². The molecule has 2 fully saturated rings. The Hall–Kier alpha value is -5.28. The van der Waals surface area contributed by atoms with E-state index in [1.54, 1.807) is 36.4 Å². The fourth-order valence-electron chi connectivity index (χ4n) is 4.92. The lowest BCUT2D eigenvalue weighted by molar-refractivity contribution is -0.140. The van der Waals surface area contributed by atoms with Crippen LogP contribution in [0.2, 0.25) is 20.1 Å². The van der Waals surface area contributed by atoms with Gasteiger partial charge in [0.05, 0.1) is 54.9 Å². The summed E-state index contributed by atoms with van der Waals surface area (Å²) in [6, 6.07) is 15.4. The molecule has 276 valence electrons. The van der Waals surface area contributed by atoms with Gasteiger partial charge in [0.25, 0.3) is 11.8 Å². The Kier molecular flexibility index (Phi) is 13.4. The van der Waals surface area contributed by atoms with Crippen LogP contribution in [0.25, 0.3) is 0 Å². The van der Waals surface area contributed by atoms with Crippen LogP contribution in [0.3, 0.4) is 0 Å². The molecular weight excluding hydrogens is 774 g/mol. The summed E-state index contributed by atoms with van der Waals surface area (Å²) in [6.07, 6.45) is 3.42. The Morgan fingerprint density at radius 1 is 0.547 bits per heavy atom. The quantitative estimate of drug-likeness (QED) is 0.0945. The second kappa shape index (κ2) is 17.5. The number of benzene rings is 2. The van der Waals surface area contributed by atoms with Crippen LogP contribution in [0.1, 0.15) is 41.0 Å². The molecule has 0 radical (unpaired) electrons. The molecule has 2 aromatic heterocycles. The molecule has 0 saturated heterocycles. The van der Waals surface area contributed by atoms with E-state index < -0.39 is 59.2 Å². The van der Waals surface area contributed by atoms with E-state index in [1.165, 1.54) is 36.7 Å². The van der Waals surface area contributed by atoms with Crippen molar-refractivity contribution in [3.8, 4) is 0 Å². The average Bonchev–Trinajstić information content (AvgIpc) is 3.99. The minimum absolute atomic E-state index is 0. The molecule has 0 unspecified atom stereocenters. The lowest BCUT2D eigenvalue weighted by Gasteiger charge is -2.10. The zero-order valence-electron chi connectivity index (χ0n) is 26.4. The smallest absolute Gasteiger partial charge is 0.307 e. The van der Waals surface area contributed by atoms with Gasteiger partial charge in [-0.05, 0) is 49.2 Å². The predicted molar refractivity (Wildman–Crippen MR) is 200 cm³/mol. The number of pyridine rings is 2. The monoisotopic (exact) mass is 802 g/mol. The third-order valence-electron chi connectivity index (χ3n) is 7.81. The molecule has 0 spiro atoms. The van der Waals surface area contributed by atoms with Crippen molar-refractivity contribution in [1.82, 2.24) is 9.97 Å². The van der Waals surface area contributed by atoms with Crippen molar-refractivity contribution in [2.24, 2.45) is 23.7 Å². The van der Waals surface area contributed by atoms with Gasteiger partial charge in [-0.25, -0.2) is 9.97 Å². The minimum Gasteiger partial charge on any atom is -0.481 e. The van der Waals surface area contributed by atoms with E-state index in [4.69, 9.17) is 56.6 Å². The van der Waals surface area contributed by atoms with E-state index in [2.05, 4.69) is 31.2 Å². The number of halogens is 4. The number of aliphatic carboxylic acids is 2. The van der Waals surface area contributed by atoms with Crippen LogP contribution in [0, 0.1) is 23.7 Å². The molecule has 53 heavy (non-hydrogen) atoms. The van der Waals surface area contributed by atoms with Gasteiger partial charge in [0.15, 0.2) is 0 Å². The molecule has 6 N–H and O–H groups in total. The summed E-state index contributed by atoms with van der Waals surface area (Å²) in [7, 11) is 0. The van der Waals surface area contributed by atoms with Gasteiger partial charge in [-0.1, -0.05) is 66.0 Å². The first-order valence-electron chi connectivity index (χ1n) is 15.2. The number of amides is 4. The van der Waals surface area contributed by atoms with E-state index in [9.17, 15) is 28.8 Å². The lowest BCUT2D eigenvalue weighted by Crippen LogP contribution is -2.18. The van der Waals surface area contributed by atoms with Crippen molar-refractivity contribution in [3.63, 3.8) is 0 Å². The maximum atomic E-state index is 12.4. The normalized spacial score (nSPS) is 17.7. The molecule has 6 rings (SSSR count). The zero-order chi connectivity index (χ0) is 37.7. The molecule has 14 nitrogen and oxygen atoms in total. The molecule has 2 saturated carbocycles. The largest absolute Gasteiger partial charge is 0.481 e. The van der Waals surface area contributed by atoms with Crippen molar-refractivity contribution in [1.29, 1.82) is 0 Å². The summed E-state index contributed by atoms with van der Waals surface area (Å²) in [5.41, 5.74) is 1.03. The number of hydrogen-bond donors (Lipinski definition) is 6. The van der Waals surface area contributed by atoms with Crippen molar-refractivity contribution >= 4 is 105 Å². The van der Waals surface area contributed by atoms with E-state index in [0.717, 1.165) is 0 Å². The fourth-order valence-corrected chi connectivity index (χ4v) is 6.06. The number of nitrogens with one attached hydrogen (secondary N) is 4. The molecule has 0 aliphatic heterocycles. The molecule has 2 heterocycles. The predicted octanol–water partition coefficient (Wildman–Crippen LogP) is 7.24. The van der Waals surface area contributed by atoms with Crippen LogP contribution in [0.15, 0.2) is 73.1 Å². The van der Waals surface area contributed by atoms with E-state index in [1.807, 2.05) is 0 Å². The molecule has 2 aliphatic carbocycles. The summed E-state index contributed by atoms with van der Waals surface area (Å²) in [5.74, 6) is -5.83. The Morgan fingerprint density at radius 3 is 1.19 bits per heavy atom. The third kappa shape index (κ3) is 10.4. The topological polar surface area (TPSA) is 217 Å². The van der Waals surface area contributed by atoms with Crippen molar-refractivity contribution in [3.05, 3.63) is 104 Å². The first kappa shape index (κ1) is 40.5. The zero-order valence-corrected chi connectivity index (χ0v) is 29.4. The number of aromatic nitrogens is 2. The fraction of sp³-hybridized carbons (Fsp3) is 0.200. The van der Waals surface area contributed by atoms with Gasteiger partial charge >= 0.3 is 11.9 Å². The standard InChI is InChI=1S/2C17H13Cl2N3O4.CH4/c2*18-11-2-1-3-12(19)14(11)16(24)21-8-4-5-20-13(6-8)22-15(23)9-7-10(9)17(25)26;/h2*1-6,9-10H,7H2,(H,25,26)(H2,20,21,22,23,24);1H4/t2*9-,10+;/m10./s1. The molecule has 0 bridgehead atoms. The number of hydrogen-bond acceptors (Lipinski definition) is 8. The second-order valence-corrected chi connectivity index (χ2v) is 13.1. The van der Waals surface area contributed by atoms with Crippen LogP contribution in [-0.2, 0) is 19.2 Å². The van der Waals surface area contributed by atoms with Gasteiger partial charge in [0.2, 0.25) is 11.8 Å². The molecule has 4 atom stereocenters. The van der Waals surface area contributed by atoms with Gasteiger partial charge in [0.1, 0.15) is 11.6 Å². The highest BCUT2D eigenvalue weighted by Gasteiger charge is 2.49. The number of nitrogens with zero attached hydrogens (tertiary/aromatic N) is 2.